The van der Waals surface area contributed by atoms with E-state index < -0.39 is 0 Å². The number of hydrogen-bond donors (Lipinski definition) is 1. The number of carbonyl (C=O) groups excluding carboxylic acids is 2. The van der Waals surface area contributed by atoms with Gasteiger partial charge in [-0.25, -0.2) is 0 Å². The zero-order valence-electron chi connectivity index (χ0n) is 15.7. The summed E-state index contributed by atoms with van der Waals surface area (Å²) >= 11 is 4.24. The number of fused-ring (bicyclic) bond motifs is 3. The first-order chi connectivity index (χ1) is 12.1. The number of hydrogen-bond acceptors (Lipinski definition) is 4. The van der Waals surface area contributed by atoms with Crippen molar-refractivity contribution in [2.45, 2.75) is 34.1 Å². The molecule has 1 N–H and O–H groups in total. The summed E-state index contributed by atoms with van der Waals surface area (Å²) < 4.78 is 0. The SMILES string of the molecule is CC.CC.CNC(=O)C1=C2N(C)c3ccccc3N2CCC1=O.II. The predicted molar refractivity (Wildman–Crippen MR) is 124 cm³/mol. The Kier molecular flexibility index (Phi) is 12.1. The number of nitrogens with one attached hydrogen (secondary N) is 1. The Morgan fingerprint density at radius 3 is 2.12 bits per heavy atom. The summed E-state index contributed by atoms with van der Waals surface area (Å²) in [7, 11) is 3.43. The van der Waals surface area contributed by atoms with Crippen LogP contribution in [0.3, 0.4) is 0 Å². The molecule has 0 saturated heterocycles. The van der Waals surface area contributed by atoms with Crippen LogP contribution in [0, 0.1) is 0 Å². The van der Waals surface area contributed by atoms with Crippen LogP contribution in [-0.2, 0) is 9.59 Å². The lowest BCUT2D eigenvalue weighted by atomic mass is 10.0. The third-order valence-corrected chi connectivity index (χ3v) is 3.63. The number of para-hydroxylation sites is 2. The lowest BCUT2D eigenvalue weighted by molar-refractivity contribution is -0.122. The highest BCUT2D eigenvalue weighted by atomic mass is 128. The first-order valence-electron chi connectivity index (χ1n) is 8.39. The van der Waals surface area contributed by atoms with Gasteiger partial charge in [0, 0.05) is 64.3 Å². The van der Waals surface area contributed by atoms with Gasteiger partial charge in [0.1, 0.15) is 11.4 Å². The Morgan fingerprint density at radius 2 is 1.60 bits per heavy atom. The summed E-state index contributed by atoms with van der Waals surface area (Å²) in [4.78, 5) is 28.0. The highest BCUT2D eigenvalue weighted by Gasteiger charge is 2.38. The van der Waals surface area contributed by atoms with Gasteiger partial charge in [-0.3, -0.25) is 9.59 Å². The van der Waals surface area contributed by atoms with E-state index in [1.54, 1.807) is 7.05 Å². The molecular weight excluding hydrogens is 544 g/mol. The lowest BCUT2D eigenvalue weighted by Gasteiger charge is -2.29. The maximum atomic E-state index is 12.1. The van der Waals surface area contributed by atoms with Gasteiger partial charge in [-0.1, -0.05) is 39.8 Å². The summed E-state index contributed by atoms with van der Waals surface area (Å²) in [5.41, 5.74) is 2.33. The van der Waals surface area contributed by atoms with Gasteiger partial charge in [0.15, 0.2) is 5.78 Å². The van der Waals surface area contributed by atoms with Crippen molar-refractivity contribution >= 4 is 60.3 Å². The van der Waals surface area contributed by atoms with Gasteiger partial charge >= 0.3 is 0 Å². The first kappa shape index (κ1) is 24.2. The van der Waals surface area contributed by atoms with E-state index in [-0.39, 0.29) is 17.3 Å². The van der Waals surface area contributed by atoms with Crippen molar-refractivity contribution in [3.63, 3.8) is 0 Å². The van der Waals surface area contributed by atoms with Crippen LogP contribution < -0.4 is 15.1 Å². The zero-order valence-corrected chi connectivity index (χ0v) is 20.0. The second-order valence-corrected chi connectivity index (χ2v) is 4.65. The number of benzene rings is 1. The summed E-state index contributed by atoms with van der Waals surface area (Å²) in [6.45, 7) is 8.62. The summed E-state index contributed by atoms with van der Waals surface area (Å²) in [6, 6.07) is 7.92. The molecule has 25 heavy (non-hydrogen) atoms. The molecule has 0 bridgehead atoms. The number of nitrogens with zero attached hydrogens (tertiary/aromatic N) is 2. The second-order valence-electron chi connectivity index (χ2n) is 4.65. The molecule has 3 rings (SSSR count). The van der Waals surface area contributed by atoms with E-state index in [1.807, 2.05) is 68.8 Å². The molecular formula is C18H27I2N3O2. The van der Waals surface area contributed by atoms with Crippen LogP contribution in [0.25, 0.3) is 0 Å². The fraction of sp³-hybridized carbons (Fsp3) is 0.444. The maximum Gasteiger partial charge on any atom is 0.258 e. The Morgan fingerprint density at radius 1 is 1.08 bits per heavy atom. The van der Waals surface area contributed by atoms with Crippen molar-refractivity contribution in [3.05, 3.63) is 35.7 Å². The molecule has 2 aliphatic rings. The molecule has 0 unspecified atom stereocenters. The number of carbonyl (C=O) groups is 2. The fourth-order valence-corrected chi connectivity index (χ4v) is 2.73. The lowest BCUT2D eigenvalue weighted by Crippen LogP contribution is -2.40. The minimum absolute atomic E-state index is 0.0924. The average Bonchev–Trinajstić information content (AvgIpc) is 2.99. The summed E-state index contributed by atoms with van der Waals surface area (Å²) in [6.07, 6.45) is 0.369. The largest absolute Gasteiger partial charge is 0.355 e. The number of amides is 1. The van der Waals surface area contributed by atoms with E-state index in [1.165, 1.54) is 0 Å². The number of rotatable bonds is 1. The topological polar surface area (TPSA) is 52.7 Å². The quantitative estimate of drug-likeness (QED) is 0.393. The molecule has 2 aliphatic heterocycles. The van der Waals surface area contributed by atoms with E-state index in [0.717, 1.165) is 11.4 Å². The van der Waals surface area contributed by atoms with E-state index in [4.69, 9.17) is 0 Å². The molecule has 0 saturated carbocycles. The van der Waals surface area contributed by atoms with Gasteiger partial charge in [-0.2, -0.15) is 0 Å². The first-order valence-corrected chi connectivity index (χ1v) is 14.7. The Labute approximate surface area is 174 Å². The van der Waals surface area contributed by atoms with Gasteiger partial charge < -0.3 is 15.1 Å². The summed E-state index contributed by atoms with van der Waals surface area (Å²) in [5, 5.41) is 2.55. The van der Waals surface area contributed by atoms with Crippen molar-refractivity contribution in [1.29, 1.82) is 0 Å². The van der Waals surface area contributed by atoms with Crippen molar-refractivity contribution in [1.82, 2.24) is 5.32 Å². The number of halogens is 2. The minimum Gasteiger partial charge on any atom is -0.355 e. The van der Waals surface area contributed by atoms with Crippen LogP contribution in [0.4, 0.5) is 11.4 Å². The van der Waals surface area contributed by atoms with Crippen LogP contribution in [0.15, 0.2) is 35.7 Å². The van der Waals surface area contributed by atoms with Gasteiger partial charge in [0.2, 0.25) is 0 Å². The molecule has 0 aromatic heterocycles. The van der Waals surface area contributed by atoms with E-state index in [9.17, 15) is 9.59 Å². The third-order valence-electron chi connectivity index (χ3n) is 3.63. The van der Waals surface area contributed by atoms with Crippen LogP contribution in [-0.4, -0.2) is 32.3 Å². The van der Waals surface area contributed by atoms with Gasteiger partial charge in [0.25, 0.3) is 5.91 Å². The van der Waals surface area contributed by atoms with E-state index in [0.29, 0.717) is 18.8 Å². The molecule has 0 radical (unpaired) electrons. The Hall–Kier alpha value is -0.840. The van der Waals surface area contributed by atoms with Crippen molar-refractivity contribution < 1.29 is 9.59 Å². The maximum absolute atomic E-state index is 12.1. The molecule has 5 nitrogen and oxygen atoms in total. The van der Waals surface area contributed by atoms with Crippen LogP contribution in [0.2, 0.25) is 0 Å². The standard InChI is InChI=1S/C14H15N3O2.2C2H6.I2/c1-15-13(19)12-11(18)7-8-17-10-6-4-3-5-9(10)16(2)14(12)17;3*1-2/h3-6H,7-8H2,1-2H3,(H,15,19);2*1-2H3;. The van der Waals surface area contributed by atoms with Crippen molar-refractivity contribution in [2.75, 3.05) is 30.4 Å². The van der Waals surface area contributed by atoms with Crippen LogP contribution in [0.5, 0.6) is 0 Å². The van der Waals surface area contributed by atoms with Gasteiger partial charge in [-0.15, -0.1) is 0 Å². The molecule has 1 amide bonds. The smallest absolute Gasteiger partial charge is 0.258 e. The van der Waals surface area contributed by atoms with Crippen molar-refractivity contribution in [3.8, 4) is 0 Å². The monoisotopic (exact) mass is 571 g/mol. The highest BCUT2D eigenvalue weighted by Crippen LogP contribution is 2.43. The molecule has 0 spiro atoms. The molecule has 2 heterocycles. The zero-order chi connectivity index (χ0) is 19.6. The van der Waals surface area contributed by atoms with E-state index in [2.05, 4.69) is 42.5 Å². The van der Waals surface area contributed by atoms with Gasteiger partial charge in [-0.05, 0) is 12.1 Å². The number of ketones is 1. The molecule has 0 fully saturated rings. The molecule has 140 valence electrons. The summed E-state index contributed by atoms with van der Waals surface area (Å²) in [5.74, 6) is 0.284. The molecule has 1 aromatic carbocycles. The van der Waals surface area contributed by atoms with Crippen LogP contribution in [0.1, 0.15) is 34.1 Å². The predicted octanol–water partition coefficient (Wildman–Crippen LogP) is 4.70. The number of likely N-dealkylation sites (N-methyl/N-ethyl adjacent to an activating group) is 1. The second kappa shape index (κ2) is 12.5. The molecule has 1 aromatic rings. The Bertz CT molecular complexity index is 618. The van der Waals surface area contributed by atoms with Crippen LogP contribution >= 0.6 is 37.2 Å². The number of anilines is 2. The third kappa shape index (κ3) is 5.08. The molecule has 0 aliphatic carbocycles. The van der Waals surface area contributed by atoms with Gasteiger partial charge in [0.05, 0.1) is 11.4 Å². The average molecular weight is 571 g/mol. The highest BCUT2D eigenvalue weighted by molar-refractivity contribution is 15.0. The van der Waals surface area contributed by atoms with Crippen molar-refractivity contribution in [2.24, 2.45) is 0 Å². The normalized spacial score (nSPS) is 14.0. The Balaban J connectivity index is 0.000000871. The fourth-order valence-electron chi connectivity index (χ4n) is 2.73. The molecule has 0 atom stereocenters. The van der Waals surface area contributed by atoms with E-state index >= 15 is 0 Å². The minimum atomic E-state index is -0.315. The molecule has 7 heteroatoms. The number of Topliss-reactive ketones (excluding diaryl/α,β-unsaturated/α-hetero) is 1.